The lowest BCUT2D eigenvalue weighted by atomic mass is 10.1. The predicted molar refractivity (Wildman–Crippen MR) is 61.1 cm³/mol. The molecule has 2 nitrogen and oxygen atoms in total. The van der Waals surface area contributed by atoms with E-state index < -0.39 is 0 Å². The molecule has 0 atom stereocenters. The molecule has 0 aromatic heterocycles. The Morgan fingerprint density at radius 1 is 1.43 bits per heavy atom. The Bertz CT molecular complexity index is 312. The van der Waals surface area contributed by atoms with E-state index in [9.17, 15) is 4.79 Å². The number of aryl methyl sites for hydroxylation is 1. The van der Waals surface area contributed by atoms with Crippen molar-refractivity contribution in [1.82, 2.24) is 5.32 Å². The van der Waals surface area contributed by atoms with Gasteiger partial charge in [-0.25, -0.2) is 0 Å². The van der Waals surface area contributed by atoms with Gasteiger partial charge < -0.3 is 5.32 Å². The van der Waals surface area contributed by atoms with Crippen LogP contribution in [0.3, 0.4) is 0 Å². The van der Waals surface area contributed by atoms with E-state index in [1.165, 1.54) is 5.56 Å². The molecule has 14 heavy (non-hydrogen) atoms. The van der Waals surface area contributed by atoms with Crippen LogP contribution in [0.2, 0.25) is 0 Å². The molecule has 0 spiro atoms. The average Bonchev–Trinajstić information content (AvgIpc) is 2.17. The summed E-state index contributed by atoms with van der Waals surface area (Å²) in [4.78, 5) is 11.2. The highest BCUT2D eigenvalue weighted by Gasteiger charge is 2.02. The second-order valence-corrected chi connectivity index (χ2v) is 3.90. The number of nitrogens with one attached hydrogen (secondary N) is 1. The Balaban J connectivity index is 2.46. The fraction of sp³-hybridized carbons (Fsp3) is 0.364. The van der Waals surface area contributed by atoms with Crippen molar-refractivity contribution >= 4 is 21.8 Å². The average molecular weight is 256 g/mol. The van der Waals surface area contributed by atoms with Gasteiger partial charge in [0.2, 0.25) is 5.91 Å². The summed E-state index contributed by atoms with van der Waals surface area (Å²) in [6.45, 7) is 2.63. The molecule has 0 aliphatic rings. The number of carbonyl (C=O) groups excluding carboxylic acids is 1. The fourth-order valence-corrected chi connectivity index (χ4v) is 1.72. The predicted octanol–water partition coefficient (Wildman–Crippen LogP) is 2.52. The molecule has 0 aliphatic heterocycles. The standard InChI is InChI=1S/C11H14BrNO/c1-2-13-11(14)8-7-9-5-3-4-6-10(9)12/h3-6H,2,7-8H2,1H3,(H,13,14). The van der Waals surface area contributed by atoms with Crippen molar-refractivity contribution in [2.24, 2.45) is 0 Å². The number of benzene rings is 1. The smallest absolute Gasteiger partial charge is 0.220 e. The summed E-state index contributed by atoms with van der Waals surface area (Å²) in [5.41, 5.74) is 1.18. The summed E-state index contributed by atoms with van der Waals surface area (Å²) in [5, 5.41) is 2.78. The molecule has 0 radical (unpaired) electrons. The van der Waals surface area contributed by atoms with Gasteiger partial charge in [0.25, 0.3) is 0 Å². The molecular weight excluding hydrogens is 242 g/mol. The van der Waals surface area contributed by atoms with Crippen molar-refractivity contribution in [1.29, 1.82) is 0 Å². The molecule has 1 aromatic carbocycles. The Morgan fingerprint density at radius 3 is 2.79 bits per heavy atom. The van der Waals surface area contributed by atoms with Crippen LogP contribution in [-0.2, 0) is 11.2 Å². The van der Waals surface area contributed by atoms with E-state index in [-0.39, 0.29) is 5.91 Å². The van der Waals surface area contributed by atoms with Crippen LogP contribution in [0.1, 0.15) is 18.9 Å². The first-order chi connectivity index (χ1) is 6.74. The van der Waals surface area contributed by atoms with Gasteiger partial charge in [-0.15, -0.1) is 0 Å². The Hall–Kier alpha value is -0.830. The van der Waals surface area contributed by atoms with Crippen molar-refractivity contribution in [2.75, 3.05) is 6.54 Å². The van der Waals surface area contributed by atoms with Gasteiger partial charge in [0.15, 0.2) is 0 Å². The third-order valence-electron chi connectivity index (χ3n) is 1.95. The van der Waals surface area contributed by atoms with Gasteiger partial charge >= 0.3 is 0 Å². The lowest BCUT2D eigenvalue weighted by molar-refractivity contribution is -0.120. The van der Waals surface area contributed by atoms with Crippen LogP contribution in [0.5, 0.6) is 0 Å². The summed E-state index contributed by atoms with van der Waals surface area (Å²) in [6.07, 6.45) is 1.34. The second-order valence-electron chi connectivity index (χ2n) is 3.04. The second kappa shape index (κ2) is 5.81. The summed E-state index contributed by atoms with van der Waals surface area (Å²) < 4.78 is 1.07. The minimum atomic E-state index is 0.114. The SMILES string of the molecule is CCNC(=O)CCc1ccccc1Br. The van der Waals surface area contributed by atoms with E-state index in [1.54, 1.807) is 0 Å². The number of halogens is 1. The van der Waals surface area contributed by atoms with Crippen molar-refractivity contribution in [3.05, 3.63) is 34.3 Å². The largest absolute Gasteiger partial charge is 0.356 e. The highest BCUT2D eigenvalue weighted by Crippen LogP contribution is 2.17. The fourth-order valence-electron chi connectivity index (χ4n) is 1.23. The molecule has 0 bridgehead atoms. The van der Waals surface area contributed by atoms with Crippen LogP contribution < -0.4 is 5.32 Å². The van der Waals surface area contributed by atoms with Crippen LogP contribution in [0.15, 0.2) is 28.7 Å². The molecule has 1 amide bonds. The first kappa shape index (κ1) is 11.2. The molecule has 76 valence electrons. The minimum Gasteiger partial charge on any atom is -0.356 e. The third kappa shape index (κ3) is 3.50. The van der Waals surface area contributed by atoms with Crippen LogP contribution in [0.4, 0.5) is 0 Å². The van der Waals surface area contributed by atoms with E-state index in [2.05, 4.69) is 21.2 Å². The van der Waals surface area contributed by atoms with E-state index in [0.717, 1.165) is 10.9 Å². The van der Waals surface area contributed by atoms with E-state index >= 15 is 0 Å². The van der Waals surface area contributed by atoms with Crippen molar-refractivity contribution in [3.8, 4) is 0 Å². The summed E-state index contributed by atoms with van der Waals surface area (Å²) in [6, 6.07) is 7.98. The molecule has 0 fully saturated rings. The molecule has 0 aliphatic carbocycles. The molecular formula is C11H14BrNO. The third-order valence-corrected chi connectivity index (χ3v) is 2.73. The Kier molecular flexibility index (Phi) is 4.66. The normalized spacial score (nSPS) is 9.86. The van der Waals surface area contributed by atoms with Gasteiger partial charge in [-0.2, -0.15) is 0 Å². The zero-order valence-electron chi connectivity index (χ0n) is 8.22. The molecule has 0 saturated carbocycles. The quantitative estimate of drug-likeness (QED) is 0.881. The maximum Gasteiger partial charge on any atom is 0.220 e. The van der Waals surface area contributed by atoms with Gasteiger partial charge in [0, 0.05) is 17.4 Å². The first-order valence-corrected chi connectivity index (χ1v) is 5.53. The monoisotopic (exact) mass is 255 g/mol. The molecule has 0 saturated heterocycles. The van der Waals surface area contributed by atoms with E-state index in [1.807, 2.05) is 31.2 Å². The molecule has 0 heterocycles. The number of carbonyl (C=O) groups is 1. The minimum absolute atomic E-state index is 0.114. The molecule has 1 aromatic rings. The topological polar surface area (TPSA) is 29.1 Å². The maximum atomic E-state index is 11.2. The van der Waals surface area contributed by atoms with Gasteiger partial charge in [-0.3, -0.25) is 4.79 Å². The lowest BCUT2D eigenvalue weighted by Crippen LogP contribution is -2.22. The molecule has 3 heteroatoms. The highest BCUT2D eigenvalue weighted by atomic mass is 79.9. The lowest BCUT2D eigenvalue weighted by Gasteiger charge is -2.04. The van der Waals surface area contributed by atoms with Crippen molar-refractivity contribution in [2.45, 2.75) is 19.8 Å². The number of rotatable bonds is 4. The van der Waals surface area contributed by atoms with Crippen LogP contribution in [0.25, 0.3) is 0 Å². The van der Waals surface area contributed by atoms with E-state index in [4.69, 9.17) is 0 Å². The number of hydrogen-bond donors (Lipinski definition) is 1. The first-order valence-electron chi connectivity index (χ1n) is 4.74. The van der Waals surface area contributed by atoms with Crippen LogP contribution in [-0.4, -0.2) is 12.5 Å². The van der Waals surface area contributed by atoms with Crippen LogP contribution in [0, 0.1) is 0 Å². The molecule has 1 N–H and O–H groups in total. The van der Waals surface area contributed by atoms with E-state index in [0.29, 0.717) is 13.0 Å². The Morgan fingerprint density at radius 2 is 2.14 bits per heavy atom. The number of amides is 1. The van der Waals surface area contributed by atoms with Crippen molar-refractivity contribution < 1.29 is 4.79 Å². The highest BCUT2D eigenvalue weighted by molar-refractivity contribution is 9.10. The molecule has 0 unspecified atom stereocenters. The molecule has 1 rings (SSSR count). The Labute approximate surface area is 92.8 Å². The number of hydrogen-bond acceptors (Lipinski definition) is 1. The van der Waals surface area contributed by atoms with Gasteiger partial charge in [0.05, 0.1) is 0 Å². The maximum absolute atomic E-state index is 11.2. The summed E-state index contributed by atoms with van der Waals surface area (Å²) in [7, 11) is 0. The van der Waals surface area contributed by atoms with Gasteiger partial charge in [-0.05, 0) is 25.0 Å². The summed E-state index contributed by atoms with van der Waals surface area (Å²) >= 11 is 3.45. The zero-order chi connectivity index (χ0) is 10.4. The zero-order valence-corrected chi connectivity index (χ0v) is 9.80. The van der Waals surface area contributed by atoms with Crippen LogP contribution >= 0.6 is 15.9 Å². The van der Waals surface area contributed by atoms with Crippen molar-refractivity contribution in [3.63, 3.8) is 0 Å². The van der Waals surface area contributed by atoms with Gasteiger partial charge in [-0.1, -0.05) is 34.1 Å². The van der Waals surface area contributed by atoms with Gasteiger partial charge in [0.1, 0.15) is 0 Å². The summed E-state index contributed by atoms with van der Waals surface area (Å²) in [5.74, 6) is 0.114.